The summed E-state index contributed by atoms with van der Waals surface area (Å²) in [4.78, 5) is 41.0. The van der Waals surface area contributed by atoms with Gasteiger partial charge >= 0.3 is 0 Å². The molecule has 0 bridgehead atoms. The third-order valence-corrected chi connectivity index (χ3v) is 6.34. The topological polar surface area (TPSA) is 150 Å². The number of benzene rings is 2. The number of aromatic nitrogens is 1. The van der Waals surface area contributed by atoms with Crippen LogP contribution in [-0.4, -0.2) is 46.3 Å². The lowest BCUT2D eigenvalue weighted by Gasteiger charge is -2.33. The monoisotopic (exact) mass is 539 g/mol. The number of nitrogens with one attached hydrogen (secondary N) is 1. The molecule has 11 heteroatoms. The van der Waals surface area contributed by atoms with Crippen molar-refractivity contribution in [1.82, 2.24) is 14.6 Å². The van der Waals surface area contributed by atoms with Crippen LogP contribution >= 0.6 is 11.5 Å². The number of nitrogens with two attached hydrogens (primary N) is 2. The van der Waals surface area contributed by atoms with E-state index < -0.39 is 23.4 Å². The van der Waals surface area contributed by atoms with E-state index in [1.54, 1.807) is 55.6 Å². The van der Waals surface area contributed by atoms with E-state index in [1.165, 1.54) is 4.90 Å². The van der Waals surface area contributed by atoms with Crippen LogP contribution < -0.4 is 26.3 Å². The van der Waals surface area contributed by atoms with E-state index in [0.29, 0.717) is 23.7 Å². The molecule has 38 heavy (non-hydrogen) atoms. The molecule has 3 rings (SSSR count). The van der Waals surface area contributed by atoms with Crippen LogP contribution in [0.1, 0.15) is 65.0 Å². The second kappa shape index (κ2) is 12.0. The molecule has 202 valence electrons. The van der Waals surface area contributed by atoms with Gasteiger partial charge in [-0.15, -0.1) is 0 Å². The number of hydrogen-bond acceptors (Lipinski definition) is 8. The minimum Gasteiger partial charge on any atom is -0.497 e. The second-order valence-electron chi connectivity index (χ2n) is 9.56. The molecule has 1 atom stereocenters. The molecule has 0 aliphatic rings. The smallest absolute Gasteiger partial charge is 0.270 e. The third kappa shape index (κ3) is 6.80. The Bertz CT molecular complexity index is 1280. The van der Waals surface area contributed by atoms with Gasteiger partial charge in [-0.05, 0) is 74.6 Å². The highest BCUT2D eigenvalue weighted by molar-refractivity contribution is 7.09. The number of carbonyl (C=O) groups excluding carboxylic acids is 3. The van der Waals surface area contributed by atoms with E-state index in [2.05, 4.69) is 9.69 Å². The van der Waals surface area contributed by atoms with Gasteiger partial charge in [0, 0.05) is 12.1 Å². The maximum Gasteiger partial charge on any atom is 0.270 e. The minimum absolute atomic E-state index is 0.0202. The molecule has 3 aromatic rings. The molecule has 0 saturated carbocycles. The average Bonchev–Trinajstić information content (AvgIpc) is 3.25. The van der Waals surface area contributed by atoms with E-state index in [4.69, 9.17) is 20.9 Å². The van der Waals surface area contributed by atoms with Gasteiger partial charge in [0.05, 0.1) is 19.4 Å². The quantitative estimate of drug-likeness (QED) is 0.357. The molecule has 0 saturated heterocycles. The first-order valence-electron chi connectivity index (χ1n) is 12.0. The standard InChI is InChI=1S/C27H33N5O5S/c1-6-37-19-13-9-17(10-14-19)22(25(34)30-27(2,3)4)32(15-16-7-11-18(36-5)12-8-16)26(35)23-20(28)21(24(29)33)31-38-23/h7-14,22H,6,15,28H2,1-5H3,(H2,29,33)(H,30,34). The number of carbonyl (C=O) groups is 3. The highest BCUT2D eigenvalue weighted by atomic mass is 32.1. The van der Waals surface area contributed by atoms with E-state index in [9.17, 15) is 14.4 Å². The predicted molar refractivity (Wildman–Crippen MR) is 146 cm³/mol. The van der Waals surface area contributed by atoms with Crippen molar-refractivity contribution in [2.24, 2.45) is 5.73 Å². The van der Waals surface area contributed by atoms with Gasteiger partial charge in [0.15, 0.2) is 5.69 Å². The molecule has 1 unspecified atom stereocenters. The van der Waals surface area contributed by atoms with Crippen LogP contribution in [0, 0.1) is 0 Å². The Balaban J connectivity index is 2.15. The summed E-state index contributed by atoms with van der Waals surface area (Å²) in [6.07, 6.45) is 0. The summed E-state index contributed by atoms with van der Waals surface area (Å²) in [6.45, 7) is 7.99. The van der Waals surface area contributed by atoms with E-state index >= 15 is 0 Å². The summed E-state index contributed by atoms with van der Waals surface area (Å²) in [6, 6.07) is 13.1. The maximum atomic E-state index is 14.0. The number of hydrogen-bond donors (Lipinski definition) is 3. The van der Waals surface area contributed by atoms with Crippen molar-refractivity contribution in [3.8, 4) is 11.5 Å². The summed E-state index contributed by atoms with van der Waals surface area (Å²) in [5.74, 6) is -0.504. The summed E-state index contributed by atoms with van der Waals surface area (Å²) in [7, 11) is 1.56. The fraction of sp³-hybridized carbons (Fsp3) is 0.333. The number of rotatable bonds is 10. The second-order valence-corrected chi connectivity index (χ2v) is 10.3. The SMILES string of the molecule is CCOc1ccc(C(C(=O)NC(C)(C)C)N(Cc2ccc(OC)cc2)C(=O)c2snc(C(N)=O)c2N)cc1. The molecule has 0 radical (unpaired) electrons. The molecule has 0 spiro atoms. The number of anilines is 1. The number of nitrogen functional groups attached to an aromatic ring is 1. The number of nitrogens with zero attached hydrogens (tertiary/aromatic N) is 2. The lowest BCUT2D eigenvalue weighted by atomic mass is 10.00. The van der Waals surface area contributed by atoms with E-state index in [1.807, 2.05) is 27.7 Å². The highest BCUT2D eigenvalue weighted by Crippen LogP contribution is 2.31. The Labute approximate surface area is 226 Å². The molecular weight excluding hydrogens is 506 g/mol. The summed E-state index contributed by atoms with van der Waals surface area (Å²) in [5, 5.41) is 2.98. The van der Waals surface area contributed by atoms with Gasteiger partial charge in [-0.1, -0.05) is 24.3 Å². The number of primary amides is 1. The predicted octanol–water partition coefficient (Wildman–Crippen LogP) is 3.53. The number of ether oxygens (including phenoxy) is 2. The minimum atomic E-state index is -1.04. The Morgan fingerprint density at radius 2 is 1.66 bits per heavy atom. The zero-order chi connectivity index (χ0) is 28.0. The van der Waals surface area contributed by atoms with Gasteiger partial charge in [-0.2, -0.15) is 4.37 Å². The van der Waals surface area contributed by atoms with Crippen molar-refractivity contribution in [3.05, 3.63) is 70.2 Å². The Morgan fingerprint density at radius 1 is 1.05 bits per heavy atom. The van der Waals surface area contributed by atoms with Crippen LogP contribution in [0.15, 0.2) is 48.5 Å². The van der Waals surface area contributed by atoms with Crippen LogP contribution in [0.25, 0.3) is 0 Å². The fourth-order valence-corrected chi connectivity index (χ4v) is 4.55. The van der Waals surface area contributed by atoms with E-state index in [0.717, 1.165) is 17.1 Å². The first-order valence-corrected chi connectivity index (χ1v) is 12.8. The van der Waals surface area contributed by atoms with Gasteiger partial charge in [0.25, 0.3) is 11.8 Å². The van der Waals surface area contributed by atoms with Gasteiger partial charge in [-0.25, -0.2) is 0 Å². The Hall–Kier alpha value is -4.12. The van der Waals surface area contributed by atoms with Crippen molar-refractivity contribution in [2.75, 3.05) is 19.5 Å². The fourth-order valence-electron chi connectivity index (χ4n) is 3.79. The molecular formula is C27H33N5O5S. The van der Waals surface area contributed by atoms with Crippen LogP contribution in [0.3, 0.4) is 0 Å². The van der Waals surface area contributed by atoms with Crippen molar-refractivity contribution >= 4 is 34.9 Å². The lowest BCUT2D eigenvalue weighted by molar-refractivity contribution is -0.127. The number of methoxy groups -OCH3 is 1. The molecule has 5 N–H and O–H groups in total. The molecule has 0 aliphatic heterocycles. The first-order chi connectivity index (χ1) is 17.9. The van der Waals surface area contributed by atoms with Gasteiger partial charge in [-0.3, -0.25) is 14.4 Å². The third-order valence-electron chi connectivity index (χ3n) is 5.49. The number of amides is 3. The van der Waals surface area contributed by atoms with E-state index in [-0.39, 0.29) is 28.7 Å². The Morgan fingerprint density at radius 3 is 2.16 bits per heavy atom. The molecule has 1 aromatic heterocycles. The molecule has 2 aromatic carbocycles. The van der Waals surface area contributed by atoms with Crippen LogP contribution in [0.2, 0.25) is 0 Å². The zero-order valence-corrected chi connectivity index (χ0v) is 22.9. The molecule has 0 aliphatic carbocycles. The van der Waals surface area contributed by atoms with Crippen molar-refractivity contribution in [1.29, 1.82) is 0 Å². The first kappa shape index (κ1) is 28.5. The largest absolute Gasteiger partial charge is 0.497 e. The van der Waals surface area contributed by atoms with Gasteiger partial charge in [0.1, 0.15) is 22.4 Å². The summed E-state index contributed by atoms with van der Waals surface area (Å²) >= 11 is 0.765. The summed E-state index contributed by atoms with van der Waals surface area (Å²) in [5.41, 5.74) is 11.9. The van der Waals surface area contributed by atoms with Crippen LogP contribution in [0.5, 0.6) is 11.5 Å². The van der Waals surface area contributed by atoms with Crippen LogP contribution in [0.4, 0.5) is 5.69 Å². The summed E-state index contributed by atoms with van der Waals surface area (Å²) < 4.78 is 14.8. The highest BCUT2D eigenvalue weighted by Gasteiger charge is 2.36. The van der Waals surface area contributed by atoms with Crippen molar-refractivity contribution in [3.63, 3.8) is 0 Å². The maximum absolute atomic E-state index is 14.0. The van der Waals surface area contributed by atoms with Crippen molar-refractivity contribution in [2.45, 2.75) is 45.8 Å². The Kier molecular flexibility index (Phi) is 8.95. The molecule has 3 amide bonds. The van der Waals surface area contributed by atoms with Crippen LogP contribution in [-0.2, 0) is 11.3 Å². The normalized spacial score (nSPS) is 11.9. The zero-order valence-electron chi connectivity index (χ0n) is 22.1. The van der Waals surface area contributed by atoms with Gasteiger partial charge < -0.3 is 31.2 Å². The molecule has 1 heterocycles. The average molecular weight is 540 g/mol. The molecule has 10 nitrogen and oxygen atoms in total. The van der Waals surface area contributed by atoms with Crippen molar-refractivity contribution < 1.29 is 23.9 Å². The van der Waals surface area contributed by atoms with Gasteiger partial charge in [0.2, 0.25) is 5.91 Å². The lowest BCUT2D eigenvalue weighted by Crippen LogP contribution is -2.49. The molecule has 0 fully saturated rings.